The summed E-state index contributed by atoms with van der Waals surface area (Å²) in [6.45, 7) is 7.72. The second-order valence-electron chi connectivity index (χ2n) is 6.28. The van der Waals surface area contributed by atoms with Crippen LogP contribution in [-0.2, 0) is 4.79 Å². The van der Waals surface area contributed by atoms with Gasteiger partial charge in [0.05, 0.1) is 10.9 Å². The average Bonchev–Trinajstić information content (AvgIpc) is 3.06. The van der Waals surface area contributed by atoms with E-state index in [0.717, 1.165) is 22.4 Å². The summed E-state index contributed by atoms with van der Waals surface area (Å²) < 4.78 is 1.68. The summed E-state index contributed by atoms with van der Waals surface area (Å²) in [4.78, 5) is 12.6. The molecule has 1 atom stereocenters. The van der Waals surface area contributed by atoms with Gasteiger partial charge >= 0.3 is 0 Å². The summed E-state index contributed by atoms with van der Waals surface area (Å²) >= 11 is 7.43. The Labute approximate surface area is 167 Å². The number of anilines is 1. The van der Waals surface area contributed by atoms with Crippen LogP contribution in [0.4, 0.5) is 5.69 Å². The molecular formula is C19H20ClN5OS. The fourth-order valence-electron chi connectivity index (χ4n) is 2.72. The molecule has 140 valence electrons. The first-order valence-electron chi connectivity index (χ1n) is 8.46. The van der Waals surface area contributed by atoms with Crippen molar-refractivity contribution in [1.29, 1.82) is 0 Å². The molecule has 8 heteroatoms. The first kappa shape index (κ1) is 19.4. The number of hydrogen-bond acceptors (Lipinski definition) is 5. The molecule has 3 aromatic rings. The van der Waals surface area contributed by atoms with E-state index in [1.165, 1.54) is 11.8 Å². The van der Waals surface area contributed by atoms with Crippen molar-refractivity contribution in [3.8, 4) is 5.69 Å². The molecule has 0 radical (unpaired) electrons. The largest absolute Gasteiger partial charge is 0.325 e. The Balaban J connectivity index is 1.79. The highest BCUT2D eigenvalue weighted by Crippen LogP contribution is 2.28. The van der Waals surface area contributed by atoms with Gasteiger partial charge in [-0.3, -0.25) is 4.79 Å². The fraction of sp³-hybridized carbons (Fsp3) is 0.263. The van der Waals surface area contributed by atoms with Gasteiger partial charge in [-0.05, 0) is 66.9 Å². The Kier molecular flexibility index (Phi) is 5.82. The van der Waals surface area contributed by atoms with Crippen molar-refractivity contribution in [2.24, 2.45) is 0 Å². The van der Waals surface area contributed by atoms with E-state index in [1.807, 2.05) is 58.0 Å². The molecule has 3 rings (SSSR count). The van der Waals surface area contributed by atoms with E-state index >= 15 is 0 Å². The second-order valence-corrected chi connectivity index (χ2v) is 7.99. The van der Waals surface area contributed by atoms with Crippen LogP contribution in [0.3, 0.4) is 0 Å². The quantitative estimate of drug-likeness (QED) is 0.643. The van der Waals surface area contributed by atoms with Gasteiger partial charge in [0.25, 0.3) is 0 Å². The van der Waals surface area contributed by atoms with Crippen molar-refractivity contribution in [3.63, 3.8) is 0 Å². The average molecular weight is 402 g/mol. The van der Waals surface area contributed by atoms with Crippen molar-refractivity contribution in [1.82, 2.24) is 20.2 Å². The van der Waals surface area contributed by atoms with Gasteiger partial charge in [-0.25, -0.2) is 0 Å². The number of hydrogen-bond donors (Lipinski definition) is 1. The van der Waals surface area contributed by atoms with E-state index in [1.54, 1.807) is 10.7 Å². The monoisotopic (exact) mass is 401 g/mol. The zero-order valence-corrected chi connectivity index (χ0v) is 17.1. The standard InChI is InChI=1S/C19H20ClN5OS/c1-11-7-5-8-12(2)17(11)25-19(22-23-24-25)27-14(4)18(26)21-16-10-6-9-15(20)13(16)3/h5-10,14H,1-4H3,(H,21,26). The summed E-state index contributed by atoms with van der Waals surface area (Å²) in [6, 6.07) is 11.5. The van der Waals surface area contributed by atoms with Crippen LogP contribution in [0.1, 0.15) is 23.6 Å². The van der Waals surface area contributed by atoms with Crippen LogP contribution in [0, 0.1) is 20.8 Å². The lowest BCUT2D eigenvalue weighted by Crippen LogP contribution is -2.23. The number of rotatable bonds is 5. The summed E-state index contributed by atoms with van der Waals surface area (Å²) in [5, 5.41) is 15.7. The van der Waals surface area contributed by atoms with Crippen LogP contribution >= 0.6 is 23.4 Å². The van der Waals surface area contributed by atoms with Gasteiger partial charge in [0, 0.05) is 10.7 Å². The molecule has 1 heterocycles. The maximum atomic E-state index is 12.6. The van der Waals surface area contributed by atoms with E-state index in [4.69, 9.17) is 11.6 Å². The highest BCUT2D eigenvalue weighted by molar-refractivity contribution is 8.00. The van der Waals surface area contributed by atoms with Crippen LogP contribution in [0.2, 0.25) is 5.02 Å². The third kappa shape index (κ3) is 4.14. The Morgan fingerprint density at radius 3 is 2.52 bits per heavy atom. The van der Waals surface area contributed by atoms with Gasteiger partial charge in [0.2, 0.25) is 11.1 Å². The third-order valence-electron chi connectivity index (χ3n) is 4.27. The van der Waals surface area contributed by atoms with E-state index in [2.05, 4.69) is 20.8 Å². The number of carbonyl (C=O) groups excluding carboxylic acids is 1. The zero-order chi connectivity index (χ0) is 19.6. The number of para-hydroxylation sites is 1. The minimum Gasteiger partial charge on any atom is -0.325 e. The molecule has 27 heavy (non-hydrogen) atoms. The van der Waals surface area contributed by atoms with Crippen molar-refractivity contribution >= 4 is 35.0 Å². The molecule has 2 aromatic carbocycles. The SMILES string of the molecule is Cc1cccc(C)c1-n1nnnc1SC(C)C(=O)Nc1cccc(Cl)c1C. The predicted molar refractivity (Wildman–Crippen MR) is 109 cm³/mol. The first-order chi connectivity index (χ1) is 12.9. The normalized spacial score (nSPS) is 12.0. The number of nitrogens with one attached hydrogen (secondary N) is 1. The Morgan fingerprint density at radius 1 is 1.15 bits per heavy atom. The molecule has 1 unspecified atom stereocenters. The Bertz CT molecular complexity index is 968. The van der Waals surface area contributed by atoms with Crippen molar-refractivity contribution in [2.75, 3.05) is 5.32 Å². The van der Waals surface area contributed by atoms with E-state index in [-0.39, 0.29) is 5.91 Å². The Morgan fingerprint density at radius 2 is 1.81 bits per heavy atom. The molecule has 0 bridgehead atoms. The summed E-state index contributed by atoms with van der Waals surface area (Å²) in [6.07, 6.45) is 0. The molecule has 1 amide bonds. The molecule has 0 aliphatic heterocycles. The van der Waals surface area contributed by atoms with E-state index in [0.29, 0.717) is 15.9 Å². The number of thioether (sulfide) groups is 1. The minimum absolute atomic E-state index is 0.138. The van der Waals surface area contributed by atoms with Crippen LogP contribution in [0.25, 0.3) is 5.69 Å². The topological polar surface area (TPSA) is 72.7 Å². The maximum absolute atomic E-state index is 12.6. The summed E-state index contributed by atoms with van der Waals surface area (Å²) in [5.41, 5.74) is 4.61. The van der Waals surface area contributed by atoms with E-state index in [9.17, 15) is 4.79 Å². The molecular weight excluding hydrogens is 382 g/mol. The van der Waals surface area contributed by atoms with Crippen molar-refractivity contribution in [2.45, 2.75) is 38.1 Å². The number of tetrazole rings is 1. The minimum atomic E-state index is -0.391. The highest BCUT2D eigenvalue weighted by Gasteiger charge is 2.21. The number of aryl methyl sites for hydroxylation is 2. The smallest absolute Gasteiger partial charge is 0.237 e. The van der Waals surface area contributed by atoms with Crippen LogP contribution < -0.4 is 5.32 Å². The lowest BCUT2D eigenvalue weighted by atomic mass is 10.1. The molecule has 0 spiro atoms. The molecule has 0 aliphatic rings. The molecule has 0 saturated heterocycles. The number of carbonyl (C=O) groups is 1. The van der Waals surface area contributed by atoms with Crippen molar-refractivity contribution in [3.05, 3.63) is 58.1 Å². The number of aromatic nitrogens is 4. The molecule has 0 aliphatic carbocycles. The molecule has 0 fully saturated rings. The van der Waals surface area contributed by atoms with Gasteiger partial charge in [-0.2, -0.15) is 4.68 Å². The predicted octanol–water partition coefficient (Wildman–Crippen LogP) is 4.36. The summed E-state index contributed by atoms with van der Waals surface area (Å²) in [5.74, 6) is -0.138. The van der Waals surface area contributed by atoms with E-state index < -0.39 is 5.25 Å². The number of benzene rings is 2. The molecule has 1 aromatic heterocycles. The van der Waals surface area contributed by atoms with Crippen molar-refractivity contribution < 1.29 is 4.79 Å². The lowest BCUT2D eigenvalue weighted by molar-refractivity contribution is -0.115. The summed E-state index contributed by atoms with van der Waals surface area (Å²) in [7, 11) is 0. The molecule has 0 saturated carbocycles. The lowest BCUT2D eigenvalue weighted by Gasteiger charge is -2.15. The fourth-order valence-corrected chi connectivity index (χ4v) is 3.69. The maximum Gasteiger partial charge on any atom is 0.237 e. The molecule has 6 nitrogen and oxygen atoms in total. The highest BCUT2D eigenvalue weighted by atomic mass is 35.5. The van der Waals surface area contributed by atoms with Crippen LogP contribution in [-0.4, -0.2) is 31.4 Å². The Hall–Kier alpha value is -2.38. The first-order valence-corrected chi connectivity index (χ1v) is 9.72. The van der Waals surface area contributed by atoms with Gasteiger partial charge in [-0.1, -0.05) is 47.6 Å². The second kappa shape index (κ2) is 8.10. The van der Waals surface area contributed by atoms with Crippen LogP contribution in [0.5, 0.6) is 0 Å². The van der Waals surface area contributed by atoms with Crippen LogP contribution in [0.15, 0.2) is 41.6 Å². The number of nitrogens with zero attached hydrogens (tertiary/aromatic N) is 4. The van der Waals surface area contributed by atoms with Gasteiger partial charge < -0.3 is 5.32 Å². The zero-order valence-electron chi connectivity index (χ0n) is 15.5. The van der Waals surface area contributed by atoms with Gasteiger partial charge in [0.15, 0.2) is 0 Å². The number of amides is 1. The third-order valence-corrected chi connectivity index (χ3v) is 5.71. The van der Waals surface area contributed by atoms with Gasteiger partial charge in [0.1, 0.15) is 0 Å². The molecule has 1 N–H and O–H groups in total. The van der Waals surface area contributed by atoms with Gasteiger partial charge in [-0.15, -0.1) is 5.10 Å². The number of halogens is 1.